The van der Waals surface area contributed by atoms with Crippen LogP contribution in [0.5, 0.6) is 5.75 Å². The Morgan fingerprint density at radius 2 is 1.47 bits per heavy atom. The van der Waals surface area contributed by atoms with Gasteiger partial charge in [-0.25, -0.2) is 0 Å². The molecule has 0 aliphatic carbocycles. The van der Waals surface area contributed by atoms with E-state index in [0.29, 0.717) is 0 Å². The van der Waals surface area contributed by atoms with Gasteiger partial charge in [-0.2, -0.15) is 0 Å². The van der Waals surface area contributed by atoms with Crippen LogP contribution >= 0.6 is 8.38 Å². The third-order valence-electron chi connectivity index (χ3n) is 2.31. The third kappa shape index (κ3) is 3.85. The van der Waals surface area contributed by atoms with Crippen molar-refractivity contribution in [2.75, 3.05) is 7.11 Å². The summed E-state index contributed by atoms with van der Waals surface area (Å²) < 4.78 is 11.2. The van der Waals surface area contributed by atoms with Crippen molar-refractivity contribution in [3.05, 3.63) is 66.2 Å². The smallest absolute Gasteiger partial charge is 0.234 e. The summed E-state index contributed by atoms with van der Waals surface area (Å²) in [6.45, 7) is 0. The monoisotopic (exact) mass is 246 g/mol. The SMILES string of the molecule is COP(Cc1ccccc1)Oc1ccccc1. The number of hydrogen-bond donors (Lipinski definition) is 0. The van der Waals surface area contributed by atoms with Gasteiger partial charge < -0.3 is 9.05 Å². The van der Waals surface area contributed by atoms with Gasteiger partial charge in [0, 0.05) is 7.11 Å². The minimum atomic E-state index is -0.911. The van der Waals surface area contributed by atoms with Gasteiger partial charge in [0.15, 0.2) is 0 Å². The minimum absolute atomic E-state index is 0.807. The maximum atomic E-state index is 5.81. The molecule has 0 bridgehead atoms. The quantitative estimate of drug-likeness (QED) is 0.735. The zero-order valence-electron chi connectivity index (χ0n) is 9.74. The Morgan fingerprint density at radius 3 is 2.06 bits per heavy atom. The molecule has 0 radical (unpaired) electrons. The first-order chi connectivity index (χ1) is 8.38. The van der Waals surface area contributed by atoms with E-state index in [1.54, 1.807) is 7.11 Å². The molecule has 0 saturated carbocycles. The van der Waals surface area contributed by atoms with E-state index in [1.807, 2.05) is 48.5 Å². The first-order valence-corrected chi connectivity index (χ1v) is 6.83. The number of benzene rings is 2. The Bertz CT molecular complexity index is 389. The van der Waals surface area contributed by atoms with E-state index in [9.17, 15) is 0 Å². The van der Waals surface area contributed by atoms with Crippen molar-refractivity contribution in [2.24, 2.45) is 0 Å². The van der Waals surface area contributed by atoms with Crippen LogP contribution < -0.4 is 4.52 Å². The molecular weight excluding hydrogens is 231 g/mol. The predicted molar refractivity (Wildman–Crippen MR) is 71.1 cm³/mol. The molecule has 88 valence electrons. The lowest BCUT2D eigenvalue weighted by Gasteiger charge is -2.15. The zero-order valence-corrected chi connectivity index (χ0v) is 10.6. The molecule has 0 fully saturated rings. The van der Waals surface area contributed by atoms with Crippen molar-refractivity contribution in [3.63, 3.8) is 0 Å². The molecule has 0 aliphatic rings. The lowest BCUT2D eigenvalue weighted by molar-refractivity contribution is 0.394. The molecule has 0 heterocycles. The first kappa shape index (κ1) is 12.1. The molecule has 0 saturated heterocycles. The molecule has 0 spiro atoms. The summed E-state index contributed by atoms with van der Waals surface area (Å²) in [5.41, 5.74) is 1.23. The summed E-state index contributed by atoms with van der Waals surface area (Å²) in [6, 6.07) is 20.0. The fourth-order valence-corrected chi connectivity index (χ4v) is 2.60. The summed E-state index contributed by atoms with van der Waals surface area (Å²) in [4.78, 5) is 0. The van der Waals surface area contributed by atoms with E-state index < -0.39 is 8.38 Å². The van der Waals surface area contributed by atoms with E-state index in [4.69, 9.17) is 9.05 Å². The fraction of sp³-hybridized carbons (Fsp3) is 0.143. The molecule has 1 atom stereocenters. The molecule has 2 nitrogen and oxygen atoms in total. The highest BCUT2D eigenvalue weighted by Gasteiger charge is 2.11. The zero-order chi connectivity index (χ0) is 11.9. The standard InChI is InChI=1S/C14H15O2P/c1-15-17(12-13-8-4-2-5-9-13)16-14-10-6-3-7-11-14/h2-11H,12H2,1H3. The van der Waals surface area contributed by atoms with Crippen LogP contribution in [0.2, 0.25) is 0 Å². The molecule has 2 aromatic carbocycles. The van der Waals surface area contributed by atoms with E-state index in [-0.39, 0.29) is 0 Å². The minimum Gasteiger partial charge on any atom is -0.447 e. The molecule has 0 amide bonds. The van der Waals surface area contributed by atoms with Gasteiger partial charge in [0.1, 0.15) is 5.75 Å². The molecule has 17 heavy (non-hydrogen) atoms. The molecular formula is C14H15O2P. The van der Waals surface area contributed by atoms with Gasteiger partial charge in [-0.05, 0) is 17.7 Å². The highest BCUT2D eigenvalue weighted by molar-refractivity contribution is 7.46. The van der Waals surface area contributed by atoms with E-state index in [1.165, 1.54) is 5.56 Å². The van der Waals surface area contributed by atoms with Crippen molar-refractivity contribution in [1.29, 1.82) is 0 Å². The number of para-hydroxylation sites is 1. The molecule has 1 unspecified atom stereocenters. The van der Waals surface area contributed by atoms with Crippen LogP contribution in [0, 0.1) is 0 Å². The lowest BCUT2D eigenvalue weighted by Crippen LogP contribution is -1.93. The van der Waals surface area contributed by atoms with Crippen molar-refractivity contribution >= 4 is 8.38 Å². The van der Waals surface area contributed by atoms with Crippen LogP contribution in [-0.2, 0) is 10.7 Å². The second kappa shape index (κ2) is 6.39. The van der Waals surface area contributed by atoms with E-state index >= 15 is 0 Å². The summed E-state index contributed by atoms with van der Waals surface area (Å²) in [7, 11) is 0.781. The average molecular weight is 246 g/mol. The van der Waals surface area contributed by atoms with Gasteiger partial charge in [0.05, 0.1) is 6.16 Å². The second-order valence-corrected chi connectivity index (χ2v) is 5.09. The van der Waals surface area contributed by atoms with Crippen molar-refractivity contribution in [3.8, 4) is 5.75 Å². The van der Waals surface area contributed by atoms with Crippen molar-refractivity contribution in [1.82, 2.24) is 0 Å². The lowest BCUT2D eigenvalue weighted by atomic mass is 10.2. The Balaban J connectivity index is 1.98. The van der Waals surface area contributed by atoms with E-state index in [0.717, 1.165) is 11.9 Å². The van der Waals surface area contributed by atoms with Gasteiger partial charge in [-0.1, -0.05) is 48.5 Å². The molecule has 3 heteroatoms. The largest absolute Gasteiger partial charge is 0.447 e. The van der Waals surface area contributed by atoms with Crippen LogP contribution in [0.25, 0.3) is 0 Å². The molecule has 2 aromatic rings. The maximum absolute atomic E-state index is 5.81. The van der Waals surface area contributed by atoms with Gasteiger partial charge >= 0.3 is 0 Å². The predicted octanol–water partition coefficient (Wildman–Crippen LogP) is 4.22. The van der Waals surface area contributed by atoms with Gasteiger partial charge in [-0.3, -0.25) is 0 Å². The Kier molecular flexibility index (Phi) is 4.54. The number of rotatable bonds is 5. The average Bonchev–Trinajstić information content (AvgIpc) is 2.40. The summed E-state index contributed by atoms with van der Waals surface area (Å²) in [6.07, 6.45) is 0.807. The van der Waals surface area contributed by atoms with Gasteiger partial charge in [0.25, 0.3) is 0 Å². The summed E-state index contributed by atoms with van der Waals surface area (Å²) in [5, 5.41) is 0. The highest BCUT2D eigenvalue weighted by atomic mass is 31.2. The normalized spacial score (nSPS) is 12.1. The van der Waals surface area contributed by atoms with Crippen molar-refractivity contribution < 1.29 is 9.05 Å². The van der Waals surface area contributed by atoms with E-state index in [2.05, 4.69) is 12.1 Å². The Hall–Kier alpha value is -1.37. The summed E-state index contributed by atoms with van der Waals surface area (Å²) in [5.74, 6) is 0.858. The third-order valence-corrected chi connectivity index (χ3v) is 3.75. The van der Waals surface area contributed by atoms with Crippen LogP contribution in [0.3, 0.4) is 0 Å². The Morgan fingerprint density at radius 1 is 0.882 bits per heavy atom. The van der Waals surface area contributed by atoms with Crippen molar-refractivity contribution in [2.45, 2.75) is 6.16 Å². The molecule has 0 aliphatic heterocycles. The van der Waals surface area contributed by atoms with Crippen LogP contribution in [-0.4, -0.2) is 7.11 Å². The fourth-order valence-electron chi connectivity index (χ4n) is 1.47. The van der Waals surface area contributed by atoms with Crippen LogP contribution in [0.15, 0.2) is 60.7 Å². The van der Waals surface area contributed by atoms with Crippen LogP contribution in [0.4, 0.5) is 0 Å². The second-order valence-electron chi connectivity index (χ2n) is 3.56. The topological polar surface area (TPSA) is 18.5 Å². The maximum Gasteiger partial charge on any atom is 0.234 e. The van der Waals surface area contributed by atoms with Crippen LogP contribution in [0.1, 0.15) is 5.56 Å². The molecule has 2 rings (SSSR count). The number of hydrogen-bond acceptors (Lipinski definition) is 2. The Labute approximate surface area is 103 Å². The van der Waals surface area contributed by atoms with Gasteiger partial charge in [-0.15, -0.1) is 0 Å². The van der Waals surface area contributed by atoms with Gasteiger partial charge in [0.2, 0.25) is 8.38 Å². The summed E-state index contributed by atoms with van der Waals surface area (Å²) >= 11 is 0. The highest BCUT2D eigenvalue weighted by Crippen LogP contribution is 2.41. The molecule has 0 aromatic heterocycles. The first-order valence-electron chi connectivity index (χ1n) is 5.47. The molecule has 0 N–H and O–H groups in total.